The summed E-state index contributed by atoms with van der Waals surface area (Å²) < 4.78 is 40.9. The standard InChI is InChI=1S/C21H27F2N3O3S/c1-2-24-21(25-12-13-30(28)15-16-6-4-3-5-7-16)26-14-19(27)17-8-10-18(11-9-17)29-20(22)23/h3-11,19-20,27H,2,12-15H2,1H3,(H2,24,25,26). The van der Waals surface area contributed by atoms with Gasteiger partial charge < -0.3 is 20.5 Å². The highest BCUT2D eigenvalue weighted by Crippen LogP contribution is 2.19. The summed E-state index contributed by atoms with van der Waals surface area (Å²) in [7, 11) is -1.00. The molecule has 0 aliphatic rings. The lowest BCUT2D eigenvalue weighted by molar-refractivity contribution is -0.0498. The van der Waals surface area contributed by atoms with Gasteiger partial charge in [0.25, 0.3) is 0 Å². The minimum atomic E-state index is -2.89. The molecule has 0 aromatic heterocycles. The molecular weight excluding hydrogens is 412 g/mol. The number of nitrogens with one attached hydrogen (secondary N) is 2. The predicted octanol–water partition coefficient (Wildman–Crippen LogP) is 2.83. The van der Waals surface area contributed by atoms with Gasteiger partial charge in [0.2, 0.25) is 0 Å². The summed E-state index contributed by atoms with van der Waals surface area (Å²) in [5, 5.41) is 16.5. The normalized spacial score (nSPS) is 13.7. The van der Waals surface area contributed by atoms with Gasteiger partial charge in [-0.15, -0.1) is 0 Å². The molecule has 3 N–H and O–H groups in total. The van der Waals surface area contributed by atoms with Crippen LogP contribution in [0.5, 0.6) is 5.75 Å². The second kappa shape index (κ2) is 12.9. The number of hydrogen-bond acceptors (Lipinski definition) is 4. The predicted molar refractivity (Wildman–Crippen MR) is 115 cm³/mol. The van der Waals surface area contributed by atoms with Gasteiger partial charge in [0, 0.05) is 35.4 Å². The third kappa shape index (κ3) is 8.87. The Labute approximate surface area is 177 Å². The first-order chi connectivity index (χ1) is 14.5. The van der Waals surface area contributed by atoms with Crippen molar-refractivity contribution in [3.05, 3.63) is 65.7 Å². The van der Waals surface area contributed by atoms with Crippen molar-refractivity contribution < 1.29 is 22.8 Å². The summed E-state index contributed by atoms with van der Waals surface area (Å²) in [5.41, 5.74) is 1.57. The second-order valence-electron chi connectivity index (χ2n) is 6.38. The number of halogens is 2. The van der Waals surface area contributed by atoms with Crippen molar-refractivity contribution in [3.8, 4) is 5.75 Å². The molecule has 0 amide bonds. The van der Waals surface area contributed by atoms with Crippen LogP contribution >= 0.6 is 0 Å². The Balaban J connectivity index is 1.82. The Morgan fingerprint density at radius 3 is 2.47 bits per heavy atom. The van der Waals surface area contributed by atoms with Crippen molar-refractivity contribution in [2.45, 2.75) is 25.4 Å². The van der Waals surface area contributed by atoms with Crippen LogP contribution in [0.1, 0.15) is 24.2 Å². The Morgan fingerprint density at radius 2 is 1.83 bits per heavy atom. The zero-order valence-electron chi connectivity index (χ0n) is 16.8. The molecule has 0 heterocycles. The minimum absolute atomic E-state index is 0.0305. The fraction of sp³-hybridized carbons (Fsp3) is 0.381. The average molecular weight is 440 g/mol. The van der Waals surface area contributed by atoms with Crippen LogP contribution in [0.4, 0.5) is 8.78 Å². The van der Waals surface area contributed by atoms with Crippen LogP contribution in [0, 0.1) is 0 Å². The zero-order valence-corrected chi connectivity index (χ0v) is 17.6. The molecule has 2 unspecified atom stereocenters. The molecule has 9 heteroatoms. The van der Waals surface area contributed by atoms with Crippen molar-refractivity contribution in [2.24, 2.45) is 4.99 Å². The van der Waals surface area contributed by atoms with Crippen molar-refractivity contribution in [3.63, 3.8) is 0 Å². The van der Waals surface area contributed by atoms with Crippen LogP contribution in [0.3, 0.4) is 0 Å². The number of aliphatic hydroxyl groups is 1. The van der Waals surface area contributed by atoms with E-state index in [0.717, 1.165) is 5.56 Å². The van der Waals surface area contributed by atoms with E-state index in [1.165, 1.54) is 24.3 Å². The molecule has 2 aromatic carbocycles. The highest BCUT2D eigenvalue weighted by molar-refractivity contribution is 7.84. The number of aliphatic hydroxyl groups excluding tert-OH is 1. The fourth-order valence-corrected chi connectivity index (χ4v) is 3.65. The molecule has 164 valence electrons. The molecule has 0 spiro atoms. The van der Waals surface area contributed by atoms with Crippen LogP contribution in [-0.2, 0) is 16.6 Å². The van der Waals surface area contributed by atoms with Gasteiger partial charge in [0.05, 0.1) is 12.6 Å². The van der Waals surface area contributed by atoms with E-state index in [1.54, 1.807) is 0 Å². The van der Waals surface area contributed by atoms with Crippen LogP contribution in [0.15, 0.2) is 59.6 Å². The van der Waals surface area contributed by atoms with Gasteiger partial charge in [-0.1, -0.05) is 42.5 Å². The topological polar surface area (TPSA) is 83.0 Å². The van der Waals surface area contributed by atoms with Gasteiger partial charge in [-0.2, -0.15) is 8.78 Å². The number of rotatable bonds is 11. The molecule has 2 atom stereocenters. The first kappa shape index (κ1) is 23.8. The van der Waals surface area contributed by atoms with Gasteiger partial charge in [-0.05, 0) is 30.2 Å². The number of benzene rings is 2. The minimum Gasteiger partial charge on any atom is -0.435 e. The molecule has 0 aliphatic carbocycles. The monoisotopic (exact) mass is 439 g/mol. The van der Waals surface area contributed by atoms with Gasteiger partial charge in [0.1, 0.15) is 5.75 Å². The van der Waals surface area contributed by atoms with Crippen LogP contribution in [0.25, 0.3) is 0 Å². The zero-order chi connectivity index (χ0) is 21.8. The lowest BCUT2D eigenvalue weighted by Gasteiger charge is -2.14. The van der Waals surface area contributed by atoms with Crippen LogP contribution in [-0.4, -0.2) is 47.3 Å². The van der Waals surface area contributed by atoms with Crippen molar-refractivity contribution in [1.82, 2.24) is 10.6 Å². The lowest BCUT2D eigenvalue weighted by atomic mass is 10.1. The molecule has 0 saturated carbocycles. The molecule has 2 rings (SSSR count). The number of alkyl halides is 2. The van der Waals surface area contributed by atoms with E-state index >= 15 is 0 Å². The average Bonchev–Trinajstić information content (AvgIpc) is 2.72. The van der Waals surface area contributed by atoms with Gasteiger partial charge in [0.15, 0.2) is 5.96 Å². The lowest BCUT2D eigenvalue weighted by Crippen LogP contribution is -2.39. The summed E-state index contributed by atoms with van der Waals surface area (Å²) in [6, 6.07) is 15.5. The highest BCUT2D eigenvalue weighted by atomic mass is 32.2. The quantitative estimate of drug-likeness (QED) is 0.371. The van der Waals surface area contributed by atoms with E-state index in [1.807, 2.05) is 37.3 Å². The molecule has 2 aromatic rings. The number of nitrogens with zero attached hydrogens (tertiary/aromatic N) is 1. The molecule has 0 fully saturated rings. The van der Waals surface area contributed by atoms with E-state index in [2.05, 4.69) is 20.4 Å². The smallest absolute Gasteiger partial charge is 0.387 e. The van der Waals surface area contributed by atoms with Crippen molar-refractivity contribution >= 4 is 16.8 Å². The van der Waals surface area contributed by atoms with E-state index in [-0.39, 0.29) is 12.3 Å². The van der Waals surface area contributed by atoms with Crippen LogP contribution in [0.2, 0.25) is 0 Å². The molecule has 0 bridgehead atoms. The first-order valence-electron chi connectivity index (χ1n) is 9.62. The van der Waals surface area contributed by atoms with Gasteiger partial charge >= 0.3 is 6.61 Å². The molecule has 6 nitrogen and oxygen atoms in total. The fourth-order valence-electron chi connectivity index (χ4n) is 2.61. The first-order valence-corrected chi connectivity index (χ1v) is 11.1. The van der Waals surface area contributed by atoms with Crippen LogP contribution < -0.4 is 15.4 Å². The third-order valence-corrected chi connectivity index (χ3v) is 5.36. The Bertz CT molecular complexity index is 805. The number of aliphatic imine (C=N–C) groups is 1. The molecule has 0 saturated heterocycles. The maximum Gasteiger partial charge on any atom is 0.387 e. The maximum absolute atomic E-state index is 12.2. The Hall–Kier alpha value is -2.52. The molecular formula is C21H27F2N3O3S. The Morgan fingerprint density at radius 1 is 1.13 bits per heavy atom. The molecule has 30 heavy (non-hydrogen) atoms. The van der Waals surface area contributed by atoms with E-state index in [4.69, 9.17) is 0 Å². The summed E-state index contributed by atoms with van der Waals surface area (Å²) in [4.78, 5) is 4.34. The van der Waals surface area contributed by atoms with E-state index in [0.29, 0.717) is 36.1 Å². The number of ether oxygens (including phenoxy) is 1. The van der Waals surface area contributed by atoms with Crippen molar-refractivity contribution in [1.29, 1.82) is 0 Å². The largest absolute Gasteiger partial charge is 0.435 e. The SMILES string of the molecule is CCNC(=NCC(O)c1ccc(OC(F)F)cc1)NCCS(=O)Cc1ccccc1. The number of hydrogen-bond donors (Lipinski definition) is 3. The summed E-state index contributed by atoms with van der Waals surface area (Å²) in [6.07, 6.45) is -0.895. The third-order valence-electron chi connectivity index (χ3n) is 4.05. The summed E-state index contributed by atoms with van der Waals surface area (Å²) >= 11 is 0. The van der Waals surface area contributed by atoms with Crippen molar-refractivity contribution in [2.75, 3.05) is 25.4 Å². The molecule has 0 radical (unpaired) electrons. The van der Waals surface area contributed by atoms with Gasteiger partial charge in [-0.3, -0.25) is 9.20 Å². The molecule has 0 aliphatic heterocycles. The highest BCUT2D eigenvalue weighted by Gasteiger charge is 2.10. The second-order valence-corrected chi connectivity index (χ2v) is 7.96. The Kier molecular flexibility index (Phi) is 10.2. The van der Waals surface area contributed by atoms with Gasteiger partial charge in [-0.25, -0.2) is 0 Å². The maximum atomic E-state index is 12.2. The van der Waals surface area contributed by atoms with E-state index < -0.39 is 23.5 Å². The van der Waals surface area contributed by atoms with E-state index in [9.17, 15) is 18.1 Å². The number of guanidine groups is 1. The summed E-state index contributed by atoms with van der Waals surface area (Å²) in [6.45, 7) is 0.219. The summed E-state index contributed by atoms with van der Waals surface area (Å²) in [5.74, 6) is 1.50.